The molecule has 0 aliphatic carbocycles. The predicted molar refractivity (Wildman–Crippen MR) is 123 cm³/mol. The molecule has 6 nitrogen and oxygen atoms in total. The molecule has 0 spiro atoms. The highest BCUT2D eigenvalue weighted by atomic mass is 32.2. The zero-order valence-electron chi connectivity index (χ0n) is 18.0. The van der Waals surface area contributed by atoms with Crippen LogP contribution in [0.15, 0.2) is 71.6 Å². The van der Waals surface area contributed by atoms with E-state index in [0.717, 1.165) is 5.56 Å². The minimum absolute atomic E-state index is 0.0571. The molecule has 0 aromatic heterocycles. The van der Waals surface area contributed by atoms with Gasteiger partial charge in [0.25, 0.3) is 15.9 Å². The minimum atomic E-state index is -3.86. The van der Waals surface area contributed by atoms with Crippen LogP contribution in [0.3, 0.4) is 0 Å². The maximum atomic E-state index is 13.0. The Morgan fingerprint density at radius 2 is 1.58 bits per heavy atom. The molecule has 31 heavy (non-hydrogen) atoms. The van der Waals surface area contributed by atoms with E-state index in [4.69, 9.17) is 4.74 Å². The molecule has 7 heteroatoms. The topological polar surface area (TPSA) is 84.5 Å². The van der Waals surface area contributed by atoms with Crippen LogP contribution in [-0.2, 0) is 10.0 Å². The molecule has 162 valence electrons. The number of aryl methyl sites for hydroxylation is 2. The van der Waals surface area contributed by atoms with Crippen molar-refractivity contribution in [2.24, 2.45) is 0 Å². The van der Waals surface area contributed by atoms with Crippen LogP contribution in [0.25, 0.3) is 0 Å². The van der Waals surface area contributed by atoms with Crippen LogP contribution < -0.4 is 14.8 Å². The van der Waals surface area contributed by atoms with E-state index >= 15 is 0 Å². The lowest BCUT2D eigenvalue weighted by Gasteiger charge is -2.14. The van der Waals surface area contributed by atoms with Crippen LogP contribution in [0, 0.1) is 13.8 Å². The normalized spacial score (nSPS) is 11.3. The Balaban J connectivity index is 1.81. The Morgan fingerprint density at radius 1 is 0.903 bits per heavy atom. The van der Waals surface area contributed by atoms with Crippen molar-refractivity contribution in [1.82, 2.24) is 0 Å². The van der Waals surface area contributed by atoms with E-state index in [9.17, 15) is 13.2 Å². The summed E-state index contributed by atoms with van der Waals surface area (Å²) in [5, 5.41) is 2.79. The molecule has 0 fully saturated rings. The monoisotopic (exact) mass is 438 g/mol. The maximum Gasteiger partial charge on any atom is 0.262 e. The highest BCUT2D eigenvalue weighted by molar-refractivity contribution is 7.92. The smallest absolute Gasteiger partial charge is 0.262 e. The predicted octanol–water partition coefficient (Wildman–Crippen LogP) is 5.14. The second-order valence-corrected chi connectivity index (χ2v) is 9.20. The molecule has 0 heterocycles. The number of benzene rings is 3. The number of hydrogen-bond acceptors (Lipinski definition) is 4. The van der Waals surface area contributed by atoms with Gasteiger partial charge in [0.05, 0.1) is 16.7 Å². The molecule has 0 atom stereocenters. The molecular formula is C24H26N2O4S. The standard InChI is InChI=1S/C24H26N2O4S/c1-16(2)30-21-13-11-20(12-14-21)25-24(27)19-10-9-18(4)23(15-19)31(28,29)26-22-8-6-5-7-17(22)3/h5-16,26H,1-4H3,(H,25,27). The number of amides is 1. The summed E-state index contributed by atoms with van der Waals surface area (Å²) in [6, 6.07) is 18.8. The number of ether oxygens (including phenoxy) is 1. The SMILES string of the molecule is Cc1ccccc1NS(=O)(=O)c1cc(C(=O)Nc2ccc(OC(C)C)cc2)ccc1C. The maximum absolute atomic E-state index is 13.0. The second kappa shape index (κ2) is 9.22. The van der Waals surface area contributed by atoms with Crippen molar-refractivity contribution in [2.75, 3.05) is 10.0 Å². The first-order valence-corrected chi connectivity index (χ1v) is 11.4. The summed E-state index contributed by atoms with van der Waals surface area (Å²) in [5.74, 6) is 0.309. The summed E-state index contributed by atoms with van der Waals surface area (Å²) in [4.78, 5) is 12.8. The van der Waals surface area contributed by atoms with Crippen molar-refractivity contribution < 1.29 is 17.9 Å². The Kier molecular flexibility index (Phi) is 6.65. The number of nitrogens with one attached hydrogen (secondary N) is 2. The van der Waals surface area contributed by atoms with E-state index in [1.807, 2.05) is 32.9 Å². The first kappa shape index (κ1) is 22.4. The molecule has 3 aromatic carbocycles. The summed E-state index contributed by atoms with van der Waals surface area (Å²) < 4.78 is 34.2. The Bertz CT molecular complexity index is 1190. The first-order chi connectivity index (χ1) is 14.7. The van der Waals surface area contributed by atoms with Crippen molar-refractivity contribution >= 4 is 27.3 Å². The molecule has 3 rings (SSSR count). The van der Waals surface area contributed by atoms with Crippen molar-refractivity contribution in [1.29, 1.82) is 0 Å². The van der Waals surface area contributed by atoms with Crippen LogP contribution in [0.1, 0.15) is 35.3 Å². The van der Waals surface area contributed by atoms with Gasteiger partial charge >= 0.3 is 0 Å². The quantitative estimate of drug-likeness (QED) is 0.535. The molecule has 2 N–H and O–H groups in total. The molecule has 1 amide bonds. The summed E-state index contributed by atoms with van der Waals surface area (Å²) in [6.07, 6.45) is 0.0571. The lowest BCUT2D eigenvalue weighted by atomic mass is 10.1. The van der Waals surface area contributed by atoms with E-state index < -0.39 is 15.9 Å². The van der Waals surface area contributed by atoms with Gasteiger partial charge in [-0.3, -0.25) is 9.52 Å². The van der Waals surface area contributed by atoms with Gasteiger partial charge in [-0.25, -0.2) is 8.42 Å². The van der Waals surface area contributed by atoms with E-state index in [1.165, 1.54) is 6.07 Å². The number of carbonyl (C=O) groups is 1. The van der Waals surface area contributed by atoms with Crippen LogP contribution in [0.5, 0.6) is 5.75 Å². The Morgan fingerprint density at radius 3 is 2.23 bits per heavy atom. The number of rotatable bonds is 7. The van der Waals surface area contributed by atoms with Crippen molar-refractivity contribution in [2.45, 2.75) is 38.7 Å². The van der Waals surface area contributed by atoms with Gasteiger partial charge in [-0.05, 0) is 81.3 Å². The zero-order valence-corrected chi connectivity index (χ0v) is 18.8. The fraction of sp³-hybridized carbons (Fsp3) is 0.208. The average molecular weight is 439 g/mol. The van der Waals surface area contributed by atoms with E-state index in [1.54, 1.807) is 55.5 Å². The van der Waals surface area contributed by atoms with E-state index in [-0.39, 0.29) is 16.6 Å². The van der Waals surface area contributed by atoms with Crippen LogP contribution in [0.4, 0.5) is 11.4 Å². The van der Waals surface area contributed by atoms with E-state index in [0.29, 0.717) is 22.7 Å². The van der Waals surface area contributed by atoms with Crippen LogP contribution >= 0.6 is 0 Å². The van der Waals surface area contributed by atoms with E-state index in [2.05, 4.69) is 10.0 Å². The number of carbonyl (C=O) groups excluding carboxylic acids is 1. The fourth-order valence-electron chi connectivity index (χ4n) is 3.01. The van der Waals surface area contributed by atoms with Gasteiger partial charge in [0.15, 0.2) is 0 Å². The molecule has 0 saturated heterocycles. The third-order valence-electron chi connectivity index (χ3n) is 4.61. The highest BCUT2D eigenvalue weighted by Crippen LogP contribution is 2.24. The molecule has 3 aromatic rings. The van der Waals surface area contributed by atoms with Crippen LogP contribution in [-0.4, -0.2) is 20.4 Å². The second-order valence-electron chi connectivity index (χ2n) is 7.55. The molecule has 0 bridgehead atoms. The summed E-state index contributed by atoms with van der Waals surface area (Å²) in [7, 11) is -3.86. The van der Waals surface area contributed by atoms with Crippen molar-refractivity contribution in [3.63, 3.8) is 0 Å². The fourth-order valence-corrected chi connectivity index (χ4v) is 4.41. The third-order valence-corrected chi connectivity index (χ3v) is 6.12. The average Bonchev–Trinajstić information content (AvgIpc) is 2.71. The zero-order chi connectivity index (χ0) is 22.6. The number of hydrogen-bond donors (Lipinski definition) is 2. The van der Waals surface area contributed by atoms with Gasteiger partial charge < -0.3 is 10.1 Å². The van der Waals surface area contributed by atoms with Gasteiger partial charge in [-0.1, -0.05) is 24.3 Å². The first-order valence-electron chi connectivity index (χ1n) is 9.93. The lowest BCUT2D eigenvalue weighted by Crippen LogP contribution is -2.17. The molecule has 0 saturated carbocycles. The van der Waals surface area contributed by atoms with Crippen LogP contribution in [0.2, 0.25) is 0 Å². The molecule has 0 aliphatic rings. The molecule has 0 radical (unpaired) electrons. The van der Waals surface area contributed by atoms with Gasteiger partial charge in [0.1, 0.15) is 5.75 Å². The summed E-state index contributed by atoms with van der Waals surface area (Å²) in [5.41, 5.74) is 2.69. The van der Waals surface area contributed by atoms with Crippen molar-refractivity contribution in [3.05, 3.63) is 83.4 Å². The highest BCUT2D eigenvalue weighted by Gasteiger charge is 2.20. The number of sulfonamides is 1. The summed E-state index contributed by atoms with van der Waals surface area (Å²) >= 11 is 0. The van der Waals surface area contributed by atoms with Crippen molar-refractivity contribution in [3.8, 4) is 5.75 Å². The third kappa shape index (κ3) is 5.64. The largest absolute Gasteiger partial charge is 0.491 e. The van der Waals surface area contributed by atoms with Gasteiger partial charge in [0.2, 0.25) is 0 Å². The lowest BCUT2D eigenvalue weighted by molar-refractivity contribution is 0.102. The molecule has 0 unspecified atom stereocenters. The molecule has 0 aliphatic heterocycles. The molecular weight excluding hydrogens is 412 g/mol. The minimum Gasteiger partial charge on any atom is -0.491 e. The Hall–Kier alpha value is -3.32. The van der Waals surface area contributed by atoms with Gasteiger partial charge in [-0.2, -0.15) is 0 Å². The Labute approximate surface area is 183 Å². The number of para-hydroxylation sites is 1. The number of anilines is 2. The summed E-state index contributed by atoms with van der Waals surface area (Å²) in [6.45, 7) is 7.40. The van der Waals surface area contributed by atoms with Gasteiger partial charge in [0, 0.05) is 11.3 Å². The van der Waals surface area contributed by atoms with Gasteiger partial charge in [-0.15, -0.1) is 0 Å².